The highest BCUT2D eigenvalue weighted by molar-refractivity contribution is 5.85. The highest BCUT2D eigenvalue weighted by atomic mass is 16.5. The average molecular weight is 263 g/mol. The Morgan fingerprint density at radius 1 is 1.42 bits per heavy atom. The number of pyridine rings is 1. The normalized spacial score (nSPS) is 22.4. The van der Waals surface area contributed by atoms with Crippen molar-refractivity contribution in [3.05, 3.63) is 23.4 Å². The van der Waals surface area contributed by atoms with Gasteiger partial charge in [-0.2, -0.15) is 0 Å². The maximum atomic E-state index is 11.0. The predicted octanol–water partition coefficient (Wildman–Crippen LogP) is 2.07. The molecule has 19 heavy (non-hydrogen) atoms. The molecule has 0 radical (unpaired) electrons. The second kappa shape index (κ2) is 5.17. The van der Waals surface area contributed by atoms with Gasteiger partial charge in [-0.05, 0) is 31.2 Å². The van der Waals surface area contributed by atoms with E-state index in [0.29, 0.717) is 25.0 Å². The van der Waals surface area contributed by atoms with Crippen molar-refractivity contribution in [3.63, 3.8) is 0 Å². The summed E-state index contributed by atoms with van der Waals surface area (Å²) < 4.78 is 11.1. The number of carbonyl (C=O) groups is 1. The summed E-state index contributed by atoms with van der Waals surface area (Å²) in [5.74, 6) is 0.334. The summed E-state index contributed by atoms with van der Waals surface area (Å²) >= 11 is 0. The van der Waals surface area contributed by atoms with Crippen molar-refractivity contribution in [2.24, 2.45) is 5.92 Å². The Morgan fingerprint density at radius 3 is 2.89 bits per heavy atom. The van der Waals surface area contributed by atoms with Crippen molar-refractivity contribution < 1.29 is 19.4 Å². The molecule has 3 rings (SSSR count). The van der Waals surface area contributed by atoms with Crippen molar-refractivity contribution in [2.75, 3.05) is 19.8 Å². The van der Waals surface area contributed by atoms with E-state index < -0.39 is 5.97 Å². The summed E-state index contributed by atoms with van der Waals surface area (Å²) in [5.41, 5.74) is 1.01. The van der Waals surface area contributed by atoms with Gasteiger partial charge in [0.05, 0.1) is 13.2 Å². The van der Waals surface area contributed by atoms with Gasteiger partial charge >= 0.3 is 5.97 Å². The number of ether oxygens (including phenoxy) is 2. The Hall–Kier alpha value is -1.62. The van der Waals surface area contributed by atoms with Gasteiger partial charge in [0.1, 0.15) is 0 Å². The van der Waals surface area contributed by atoms with Crippen LogP contribution in [0.2, 0.25) is 0 Å². The molecule has 102 valence electrons. The molecule has 0 aromatic carbocycles. The maximum absolute atomic E-state index is 11.0. The van der Waals surface area contributed by atoms with Gasteiger partial charge in [0, 0.05) is 18.1 Å². The van der Waals surface area contributed by atoms with E-state index in [9.17, 15) is 4.79 Å². The van der Waals surface area contributed by atoms with E-state index >= 15 is 0 Å². The van der Waals surface area contributed by atoms with Crippen molar-refractivity contribution in [1.82, 2.24) is 4.98 Å². The minimum atomic E-state index is -1.02. The number of hydrogen-bond acceptors (Lipinski definition) is 4. The Balaban J connectivity index is 1.84. The van der Waals surface area contributed by atoms with Gasteiger partial charge in [-0.1, -0.05) is 6.07 Å². The lowest BCUT2D eigenvalue weighted by atomic mass is 9.99. The largest absolute Gasteiger partial charge is 0.477 e. The number of rotatable bonds is 5. The zero-order chi connectivity index (χ0) is 13.2. The molecule has 1 saturated carbocycles. The second-order valence-electron chi connectivity index (χ2n) is 5.21. The van der Waals surface area contributed by atoms with Crippen LogP contribution in [-0.2, 0) is 4.74 Å². The van der Waals surface area contributed by atoms with Crippen molar-refractivity contribution in [1.29, 1.82) is 0 Å². The molecule has 1 unspecified atom stereocenters. The first kappa shape index (κ1) is 12.4. The van der Waals surface area contributed by atoms with Crippen molar-refractivity contribution >= 4 is 5.97 Å². The third kappa shape index (κ3) is 2.87. The van der Waals surface area contributed by atoms with E-state index in [0.717, 1.165) is 18.6 Å². The van der Waals surface area contributed by atoms with Crippen LogP contribution in [0.15, 0.2) is 12.1 Å². The van der Waals surface area contributed by atoms with Crippen LogP contribution in [0.5, 0.6) is 5.88 Å². The fourth-order valence-electron chi connectivity index (χ4n) is 2.26. The van der Waals surface area contributed by atoms with E-state index in [-0.39, 0.29) is 11.6 Å². The quantitative estimate of drug-likeness (QED) is 0.880. The molecule has 1 N–H and O–H groups in total. The SMILES string of the molecule is O=C(O)c1ccc(C2CCOC2)c(OCC2CC2)n1. The van der Waals surface area contributed by atoms with Gasteiger partial charge < -0.3 is 14.6 Å². The maximum Gasteiger partial charge on any atom is 0.354 e. The van der Waals surface area contributed by atoms with Crippen molar-refractivity contribution in [2.45, 2.75) is 25.2 Å². The lowest BCUT2D eigenvalue weighted by molar-refractivity contribution is 0.0689. The zero-order valence-corrected chi connectivity index (χ0v) is 10.7. The smallest absolute Gasteiger partial charge is 0.354 e. The van der Waals surface area contributed by atoms with Gasteiger partial charge in [-0.25, -0.2) is 9.78 Å². The van der Waals surface area contributed by atoms with Gasteiger partial charge in [0.2, 0.25) is 5.88 Å². The summed E-state index contributed by atoms with van der Waals surface area (Å²) in [5, 5.41) is 9.01. The third-order valence-corrected chi connectivity index (χ3v) is 3.63. The Morgan fingerprint density at radius 2 is 2.26 bits per heavy atom. The van der Waals surface area contributed by atoms with Crippen LogP contribution in [0, 0.1) is 5.92 Å². The van der Waals surface area contributed by atoms with Gasteiger partial charge in [0.25, 0.3) is 0 Å². The Labute approximate surface area is 111 Å². The number of aromatic nitrogens is 1. The van der Waals surface area contributed by atoms with Crippen molar-refractivity contribution in [3.8, 4) is 5.88 Å². The summed E-state index contributed by atoms with van der Waals surface area (Å²) in [6.07, 6.45) is 3.33. The standard InChI is InChI=1S/C14H17NO4/c16-14(17)12-4-3-11(10-5-6-18-8-10)13(15-12)19-7-9-1-2-9/h3-4,9-10H,1-2,5-8H2,(H,16,17). The lowest BCUT2D eigenvalue weighted by Crippen LogP contribution is -2.10. The predicted molar refractivity (Wildman–Crippen MR) is 67.6 cm³/mol. The van der Waals surface area contributed by atoms with E-state index in [4.69, 9.17) is 14.6 Å². The monoisotopic (exact) mass is 263 g/mol. The topological polar surface area (TPSA) is 68.7 Å². The number of carboxylic acids is 1. The summed E-state index contributed by atoms with van der Waals surface area (Å²) in [6, 6.07) is 3.36. The fourth-order valence-corrected chi connectivity index (χ4v) is 2.26. The third-order valence-electron chi connectivity index (χ3n) is 3.63. The summed E-state index contributed by atoms with van der Waals surface area (Å²) in [4.78, 5) is 15.1. The first-order valence-corrected chi connectivity index (χ1v) is 6.69. The highest BCUT2D eigenvalue weighted by Gasteiger charge is 2.26. The molecule has 0 amide bonds. The molecule has 2 aliphatic rings. The first-order valence-electron chi connectivity index (χ1n) is 6.69. The van der Waals surface area contributed by atoms with Crippen LogP contribution >= 0.6 is 0 Å². The Kier molecular flexibility index (Phi) is 3.38. The number of aromatic carboxylic acids is 1. The molecule has 1 saturated heterocycles. The number of nitrogens with zero attached hydrogens (tertiary/aromatic N) is 1. The fraction of sp³-hybridized carbons (Fsp3) is 0.571. The zero-order valence-electron chi connectivity index (χ0n) is 10.7. The van der Waals surface area contributed by atoms with E-state index in [1.807, 2.05) is 6.07 Å². The molecule has 0 bridgehead atoms. The molecule has 2 fully saturated rings. The molecule has 2 heterocycles. The molecule has 5 heteroatoms. The molecule has 1 aromatic rings. The van der Waals surface area contributed by atoms with Crippen LogP contribution in [0.3, 0.4) is 0 Å². The molecule has 1 atom stereocenters. The molecular weight excluding hydrogens is 246 g/mol. The van der Waals surface area contributed by atoms with Gasteiger partial charge in [0.15, 0.2) is 5.69 Å². The molecular formula is C14H17NO4. The van der Waals surface area contributed by atoms with Crippen LogP contribution in [0.25, 0.3) is 0 Å². The molecule has 1 aromatic heterocycles. The lowest BCUT2D eigenvalue weighted by Gasteiger charge is -2.14. The molecule has 0 spiro atoms. The van der Waals surface area contributed by atoms with Gasteiger partial charge in [-0.15, -0.1) is 0 Å². The molecule has 1 aliphatic carbocycles. The van der Waals surface area contributed by atoms with E-state index in [1.165, 1.54) is 12.8 Å². The average Bonchev–Trinajstić information content (AvgIpc) is 3.08. The second-order valence-corrected chi connectivity index (χ2v) is 5.21. The Bertz CT molecular complexity index is 478. The summed E-state index contributed by atoms with van der Waals surface area (Å²) in [6.45, 7) is 2.04. The number of carboxylic acid groups (broad SMARTS) is 1. The van der Waals surface area contributed by atoms with Crippen LogP contribution < -0.4 is 4.74 Å². The minimum absolute atomic E-state index is 0.0356. The first-order chi connectivity index (χ1) is 9.24. The van der Waals surface area contributed by atoms with Crippen LogP contribution in [0.4, 0.5) is 0 Å². The summed E-state index contributed by atoms with van der Waals surface area (Å²) in [7, 11) is 0. The van der Waals surface area contributed by atoms with E-state index in [1.54, 1.807) is 6.07 Å². The van der Waals surface area contributed by atoms with Gasteiger partial charge in [-0.3, -0.25) is 0 Å². The number of hydrogen-bond donors (Lipinski definition) is 1. The van der Waals surface area contributed by atoms with E-state index in [2.05, 4.69) is 4.98 Å². The molecule has 1 aliphatic heterocycles. The van der Waals surface area contributed by atoms with Crippen LogP contribution in [0.1, 0.15) is 41.2 Å². The van der Waals surface area contributed by atoms with Crippen LogP contribution in [-0.4, -0.2) is 35.9 Å². The minimum Gasteiger partial charge on any atom is -0.477 e. The highest BCUT2D eigenvalue weighted by Crippen LogP contribution is 2.34. The molecule has 5 nitrogen and oxygen atoms in total.